The molecule has 9 heteroatoms. The molecule has 1 aromatic carbocycles. The summed E-state index contributed by atoms with van der Waals surface area (Å²) < 4.78 is 25.0. The Bertz CT molecular complexity index is 1020. The summed E-state index contributed by atoms with van der Waals surface area (Å²) in [6, 6.07) is 10.3. The van der Waals surface area contributed by atoms with Crippen LogP contribution in [0, 0.1) is 6.92 Å². The minimum Gasteiger partial charge on any atom is -0.394 e. The average Bonchev–Trinajstić information content (AvgIpc) is 3.41. The molecular weight excluding hydrogens is 410 g/mol. The highest BCUT2D eigenvalue weighted by atomic mass is 32.2. The monoisotopic (exact) mass is 433 g/mol. The fourth-order valence-electron chi connectivity index (χ4n) is 3.94. The average molecular weight is 434 g/mol. The molecule has 3 aromatic rings. The molecule has 2 saturated heterocycles. The van der Waals surface area contributed by atoms with E-state index in [9.17, 15) is 5.11 Å². The largest absolute Gasteiger partial charge is 0.394 e. The Labute approximate surface area is 177 Å². The predicted molar refractivity (Wildman–Crippen MR) is 111 cm³/mol. The first-order valence-electron chi connectivity index (χ1n) is 9.60. The van der Waals surface area contributed by atoms with Crippen molar-refractivity contribution in [2.45, 2.75) is 62.0 Å². The van der Waals surface area contributed by atoms with E-state index in [2.05, 4.69) is 21.1 Å². The number of thioether (sulfide) groups is 1. The molecule has 1 N–H and O–H groups in total. The van der Waals surface area contributed by atoms with Crippen molar-refractivity contribution in [1.82, 2.24) is 13.9 Å². The summed E-state index contributed by atoms with van der Waals surface area (Å²) in [4.78, 5) is 5.82. The third-order valence-corrected chi connectivity index (χ3v) is 7.17. The van der Waals surface area contributed by atoms with Gasteiger partial charge in [-0.2, -0.15) is 4.37 Å². The van der Waals surface area contributed by atoms with E-state index in [0.717, 1.165) is 27.0 Å². The van der Waals surface area contributed by atoms with Crippen LogP contribution in [-0.4, -0.2) is 49.7 Å². The van der Waals surface area contributed by atoms with Crippen molar-refractivity contribution in [2.24, 2.45) is 0 Å². The van der Waals surface area contributed by atoms with E-state index >= 15 is 0 Å². The summed E-state index contributed by atoms with van der Waals surface area (Å²) in [6.45, 7) is 5.63. The lowest BCUT2D eigenvalue weighted by Gasteiger charge is -2.25. The van der Waals surface area contributed by atoms with E-state index in [1.165, 1.54) is 17.1 Å². The number of fused-ring (bicyclic) bond motifs is 2. The third-order valence-electron chi connectivity index (χ3n) is 5.22. The van der Waals surface area contributed by atoms with Gasteiger partial charge in [-0.3, -0.25) is 4.57 Å². The van der Waals surface area contributed by atoms with E-state index in [-0.39, 0.29) is 18.8 Å². The van der Waals surface area contributed by atoms with Gasteiger partial charge in [0.2, 0.25) is 0 Å². The van der Waals surface area contributed by atoms with Crippen molar-refractivity contribution < 1.29 is 19.3 Å². The van der Waals surface area contributed by atoms with Crippen molar-refractivity contribution in [2.75, 3.05) is 6.61 Å². The van der Waals surface area contributed by atoms with Crippen LogP contribution < -0.4 is 0 Å². The first-order chi connectivity index (χ1) is 14.0. The van der Waals surface area contributed by atoms with Crippen molar-refractivity contribution >= 4 is 33.6 Å². The Morgan fingerprint density at radius 3 is 2.72 bits per heavy atom. The molecular formula is C20H23N3O4S2. The molecule has 0 aliphatic carbocycles. The minimum absolute atomic E-state index is 0.122. The number of rotatable bonds is 5. The van der Waals surface area contributed by atoms with Gasteiger partial charge in [0.1, 0.15) is 28.7 Å². The standard InChI is InChI=1S/C20H23N3O4S2/c1-11-14-18(29-22-11)23(19(21-14)28-10-12-7-5-4-6-8-12)17-16-15(13(9-24)25-17)26-20(2,3)27-16/h4-8,13,15-17,24H,9-10H2,1-3H3/t13-,15-,16-,17-/m1/s1. The number of aliphatic hydroxyl groups is 1. The van der Waals surface area contributed by atoms with E-state index in [4.69, 9.17) is 19.2 Å². The molecule has 0 saturated carbocycles. The van der Waals surface area contributed by atoms with Gasteiger partial charge >= 0.3 is 0 Å². The molecule has 0 amide bonds. The Hall–Kier alpha value is -1.49. The van der Waals surface area contributed by atoms with Crippen molar-refractivity contribution in [3.8, 4) is 0 Å². The number of ether oxygens (including phenoxy) is 3. The normalized spacial score (nSPS) is 28.3. The molecule has 2 aliphatic rings. The van der Waals surface area contributed by atoms with Crippen LogP contribution in [0.1, 0.15) is 31.3 Å². The highest BCUT2D eigenvalue weighted by molar-refractivity contribution is 7.98. The summed E-state index contributed by atoms with van der Waals surface area (Å²) in [6.07, 6.45) is -1.51. The molecule has 5 rings (SSSR count). The molecule has 29 heavy (non-hydrogen) atoms. The lowest BCUT2D eigenvalue weighted by Crippen LogP contribution is -2.31. The van der Waals surface area contributed by atoms with Gasteiger partial charge in [0.25, 0.3) is 0 Å². The summed E-state index contributed by atoms with van der Waals surface area (Å²) in [5.41, 5.74) is 3.02. The van der Waals surface area contributed by atoms with Crippen LogP contribution in [0.4, 0.5) is 0 Å². The van der Waals surface area contributed by atoms with E-state index < -0.39 is 18.1 Å². The summed E-state index contributed by atoms with van der Waals surface area (Å²) >= 11 is 3.07. The third kappa shape index (κ3) is 3.39. The Balaban J connectivity index is 1.53. The highest BCUT2D eigenvalue weighted by Crippen LogP contribution is 2.46. The second-order valence-corrected chi connectivity index (χ2v) is 9.47. The van der Waals surface area contributed by atoms with E-state index in [0.29, 0.717) is 0 Å². The number of nitrogens with zero attached hydrogens (tertiary/aromatic N) is 3. The number of aryl methyl sites for hydroxylation is 1. The molecule has 7 nitrogen and oxygen atoms in total. The summed E-state index contributed by atoms with van der Waals surface area (Å²) in [5.74, 6) is 0.0795. The molecule has 0 unspecified atom stereocenters. The van der Waals surface area contributed by atoms with Crippen LogP contribution >= 0.6 is 23.3 Å². The van der Waals surface area contributed by atoms with Crippen molar-refractivity contribution in [3.05, 3.63) is 41.6 Å². The summed E-state index contributed by atoms with van der Waals surface area (Å²) in [5, 5.41) is 10.7. The van der Waals surface area contributed by atoms with Gasteiger partial charge in [-0.1, -0.05) is 42.1 Å². The van der Waals surface area contributed by atoms with Crippen LogP contribution in [0.5, 0.6) is 0 Å². The van der Waals surface area contributed by atoms with Crippen LogP contribution in [0.25, 0.3) is 10.3 Å². The number of hydrogen-bond acceptors (Lipinski definition) is 8. The van der Waals surface area contributed by atoms with Crippen LogP contribution in [-0.2, 0) is 20.0 Å². The van der Waals surface area contributed by atoms with E-state index in [1.807, 2.05) is 39.0 Å². The van der Waals surface area contributed by atoms with Crippen LogP contribution in [0.2, 0.25) is 0 Å². The van der Waals surface area contributed by atoms with Crippen LogP contribution in [0.3, 0.4) is 0 Å². The fraction of sp³-hybridized carbons (Fsp3) is 0.500. The number of benzene rings is 1. The molecule has 4 heterocycles. The topological polar surface area (TPSA) is 78.6 Å². The fourth-order valence-corrected chi connectivity index (χ4v) is 5.84. The van der Waals surface area contributed by atoms with Gasteiger partial charge in [0.15, 0.2) is 17.2 Å². The number of hydrogen-bond donors (Lipinski definition) is 1. The Morgan fingerprint density at radius 2 is 1.97 bits per heavy atom. The quantitative estimate of drug-likeness (QED) is 0.617. The first-order valence-corrected chi connectivity index (χ1v) is 11.4. The molecule has 4 atom stereocenters. The zero-order chi connectivity index (χ0) is 20.2. The maximum atomic E-state index is 9.84. The second kappa shape index (κ2) is 7.33. The molecule has 2 fully saturated rings. The van der Waals surface area contributed by atoms with Gasteiger partial charge < -0.3 is 19.3 Å². The molecule has 0 spiro atoms. The number of imidazole rings is 1. The predicted octanol–water partition coefficient (Wildman–Crippen LogP) is 3.50. The van der Waals surface area contributed by atoms with Gasteiger partial charge in [-0.25, -0.2) is 4.98 Å². The van der Waals surface area contributed by atoms with Gasteiger partial charge in [0.05, 0.1) is 12.3 Å². The first kappa shape index (κ1) is 19.5. The molecule has 0 bridgehead atoms. The molecule has 154 valence electrons. The number of aromatic nitrogens is 3. The van der Waals surface area contributed by atoms with E-state index in [1.54, 1.807) is 11.8 Å². The Kier molecular flexibility index (Phi) is 4.92. The SMILES string of the molecule is Cc1nsc2c1nc(SCc1ccccc1)n2[C@@H]1O[C@H](CO)[C@H]2OC(C)(C)O[C@H]21. The molecule has 2 aromatic heterocycles. The van der Waals surface area contributed by atoms with Gasteiger partial charge in [-0.05, 0) is 37.9 Å². The van der Waals surface area contributed by atoms with Crippen molar-refractivity contribution in [1.29, 1.82) is 0 Å². The Morgan fingerprint density at radius 1 is 1.21 bits per heavy atom. The second-order valence-electron chi connectivity index (χ2n) is 7.77. The van der Waals surface area contributed by atoms with Gasteiger partial charge in [-0.15, -0.1) is 0 Å². The van der Waals surface area contributed by atoms with Crippen molar-refractivity contribution in [3.63, 3.8) is 0 Å². The lowest BCUT2D eigenvalue weighted by molar-refractivity contribution is -0.200. The number of aliphatic hydroxyl groups excluding tert-OH is 1. The maximum absolute atomic E-state index is 9.84. The molecule has 2 aliphatic heterocycles. The van der Waals surface area contributed by atoms with Crippen LogP contribution in [0.15, 0.2) is 35.5 Å². The van der Waals surface area contributed by atoms with Gasteiger partial charge in [0, 0.05) is 5.75 Å². The zero-order valence-corrected chi connectivity index (χ0v) is 18.1. The smallest absolute Gasteiger partial charge is 0.172 e. The zero-order valence-electron chi connectivity index (χ0n) is 16.4. The highest BCUT2D eigenvalue weighted by Gasteiger charge is 2.56. The summed E-state index contributed by atoms with van der Waals surface area (Å²) in [7, 11) is 0. The lowest BCUT2D eigenvalue weighted by atomic mass is 10.1. The molecule has 0 radical (unpaired) electrons. The maximum Gasteiger partial charge on any atom is 0.172 e. The minimum atomic E-state index is -0.717.